The third kappa shape index (κ3) is 6.79. The molecular weight excluding hydrogens is 477 g/mol. The van der Waals surface area contributed by atoms with E-state index >= 15 is 0 Å². The van der Waals surface area contributed by atoms with Crippen LogP contribution in [0.3, 0.4) is 0 Å². The Hall–Kier alpha value is -2.20. The molecule has 0 heterocycles. The standard InChI is InChI=1S/C19H20IN3O3S/c1-2-3-12-26-14-10-8-13(9-11-14)17(24)21-19(27)23-22-18(25)15-6-4-5-7-16(15)20/h4-11H,2-3,12H2,1H3,(H,22,25)(H2,21,23,24,27). The first-order chi connectivity index (χ1) is 13.0. The Morgan fingerprint density at radius 3 is 2.41 bits per heavy atom. The van der Waals surface area contributed by atoms with Crippen LogP contribution < -0.4 is 20.9 Å². The molecule has 0 aliphatic rings. The molecule has 0 aromatic heterocycles. The maximum Gasteiger partial charge on any atom is 0.270 e. The fourth-order valence-corrected chi connectivity index (χ4v) is 2.85. The summed E-state index contributed by atoms with van der Waals surface area (Å²) in [6.07, 6.45) is 2.04. The average molecular weight is 497 g/mol. The largest absolute Gasteiger partial charge is 0.494 e. The summed E-state index contributed by atoms with van der Waals surface area (Å²) >= 11 is 7.12. The number of halogens is 1. The molecule has 2 aromatic carbocycles. The van der Waals surface area contributed by atoms with Gasteiger partial charge in [-0.25, -0.2) is 0 Å². The number of hydrazine groups is 1. The van der Waals surface area contributed by atoms with E-state index in [9.17, 15) is 9.59 Å². The molecule has 2 amide bonds. The van der Waals surface area contributed by atoms with Gasteiger partial charge in [-0.2, -0.15) is 0 Å². The maximum atomic E-state index is 12.2. The van der Waals surface area contributed by atoms with Crippen LogP contribution in [0.5, 0.6) is 5.75 Å². The summed E-state index contributed by atoms with van der Waals surface area (Å²) in [5.74, 6) is -0.00763. The summed E-state index contributed by atoms with van der Waals surface area (Å²) in [6.45, 7) is 2.74. The molecule has 0 aliphatic carbocycles. The van der Waals surface area contributed by atoms with Gasteiger partial charge in [0.05, 0.1) is 12.2 Å². The summed E-state index contributed by atoms with van der Waals surface area (Å²) in [4.78, 5) is 24.3. The van der Waals surface area contributed by atoms with Crippen molar-refractivity contribution in [1.82, 2.24) is 16.2 Å². The maximum absolute atomic E-state index is 12.2. The van der Waals surface area contributed by atoms with Crippen molar-refractivity contribution in [2.75, 3.05) is 6.61 Å². The fraction of sp³-hybridized carbons (Fsp3) is 0.211. The number of thiocarbonyl (C=S) groups is 1. The number of benzene rings is 2. The predicted octanol–water partition coefficient (Wildman–Crippen LogP) is 3.42. The normalized spacial score (nSPS) is 10.0. The van der Waals surface area contributed by atoms with Gasteiger partial charge in [0.15, 0.2) is 5.11 Å². The molecular formula is C19H20IN3O3S. The van der Waals surface area contributed by atoms with E-state index in [-0.39, 0.29) is 16.9 Å². The summed E-state index contributed by atoms with van der Waals surface area (Å²) in [5, 5.41) is 2.52. The van der Waals surface area contributed by atoms with Gasteiger partial charge in [0.25, 0.3) is 11.8 Å². The molecule has 2 rings (SSSR count). The van der Waals surface area contributed by atoms with Crippen LogP contribution in [0.25, 0.3) is 0 Å². The van der Waals surface area contributed by atoms with Gasteiger partial charge in [-0.15, -0.1) is 0 Å². The molecule has 27 heavy (non-hydrogen) atoms. The first-order valence-electron chi connectivity index (χ1n) is 8.40. The monoisotopic (exact) mass is 497 g/mol. The van der Waals surface area contributed by atoms with Crippen LogP contribution in [0.15, 0.2) is 48.5 Å². The average Bonchev–Trinajstić information content (AvgIpc) is 2.67. The minimum Gasteiger partial charge on any atom is -0.494 e. The number of hydrogen-bond acceptors (Lipinski definition) is 4. The number of nitrogens with one attached hydrogen (secondary N) is 3. The summed E-state index contributed by atoms with van der Waals surface area (Å²) in [7, 11) is 0. The fourth-order valence-electron chi connectivity index (χ4n) is 2.07. The Kier molecular flexibility index (Phi) is 8.46. The van der Waals surface area contributed by atoms with Crippen LogP contribution in [0, 0.1) is 3.57 Å². The Morgan fingerprint density at radius 1 is 1.04 bits per heavy atom. The first-order valence-corrected chi connectivity index (χ1v) is 9.89. The molecule has 0 unspecified atom stereocenters. The van der Waals surface area contributed by atoms with E-state index < -0.39 is 0 Å². The van der Waals surface area contributed by atoms with Crippen molar-refractivity contribution in [3.05, 3.63) is 63.2 Å². The van der Waals surface area contributed by atoms with Gasteiger partial charge < -0.3 is 4.74 Å². The molecule has 3 N–H and O–H groups in total. The highest BCUT2D eigenvalue weighted by atomic mass is 127. The SMILES string of the molecule is CCCCOc1ccc(C(=O)NC(=S)NNC(=O)c2ccccc2I)cc1. The Balaban J connectivity index is 1.82. The van der Waals surface area contributed by atoms with E-state index in [0.717, 1.165) is 16.4 Å². The molecule has 0 saturated heterocycles. The summed E-state index contributed by atoms with van der Waals surface area (Å²) in [6, 6.07) is 13.9. The van der Waals surface area contributed by atoms with E-state index in [1.54, 1.807) is 36.4 Å². The van der Waals surface area contributed by atoms with Gasteiger partial charge in [0.1, 0.15) is 5.75 Å². The van der Waals surface area contributed by atoms with E-state index in [2.05, 4.69) is 45.7 Å². The third-order valence-electron chi connectivity index (χ3n) is 3.52. The number of unbranched alkanes of at least 4 members (excludes halogenated alkanes) is 1. The topological polar surface area (TPSA) is 79.5 Å². The Morgan fingerprint density at radius 2 is 1.74 bits per heavy atom. The van der Waals surface area contributed by atoms with Crippen molar-refractivity contribution < 1.29 is 14.3 Å². The summed E-state index contributed by atoms with van der Waals surface area (Å²) < 4.78 is 6.37. The van der Waals surface area contributed by atoms with Crippen molar-refractivity contribution >= 4 is 51.7 Å². The summed E-state index contributed by atoms with van der Waals surface area (Å²) in [5.41, 5.74) is 5.94. The molecule has 8 heteroatoms. The number of carbonyl (C=O) groups excluding carboxylic acids is 2. The highest BCUT2D eigenvalue weighted by molar-refractivity contribution is 14.1. The lowest BCUT2D eigenvalue weighted by molar-refractivity contribution is 0.0934. The molecule has 2 aromatic rings. The van der Waals surface area contributed by atoms with Crippen molar-refractivity contribution in [2.24, 2.45) is 0 Å². The van der Waals surface area contributed by atoms with E-state index in [0.29, 0.717) is 23.5 Å². The minimum atomic E-state index is -0.379. The van der Waals surface area contributed by atoms with Gasteiger partial charge in [-0.1, -0.05) is 25.5 Å². The third-order valence-corrected chi connectivity index (χ3v) is 4.66. The highest BCUT2D eigenvalue weighted by Crippen LogP contribution is 2.13. The van der Waals surface area contributed by atoms with Gasteiger partial charge in [0, 0.05) is 9.13 Å². The van der Waals surface area contributed by atoms with Gasteiger partial charge in [0.2, 0.25) is 0 Å². The van der Waals surface area contributed by atoms with Crippen LogP contribution >= 0.6 is 34.8 Å². The lowest BCUT2D eigenvalue weighted by Crippen LogP contribution is -2.48. The van der Waals surface area contributed by atoms with Crippen LogP contribution in [0.2, 0.25) is 0 Å². The zero-order valence-corrected chi connectivity index (χ0v) is 17.7. The number of amides is 2. The lowest BCUT2D eigenvalue weighted by atomic mass is 10.2. The molecule has 6 nitrogen and oxygen atoms in total. The number of rotatable bonds is 6. The zero-order chi connectivity index (χ0) is 19.6. The second-order valence-electron chi connectivity index (χ2n) is 5.57. The second kappa shape index (κ2) is 10.8. The van der Waals surface area contributed by atoms with E-state index in [4.69, 9.17) is 17.0 Å². The molecule has 0 atom stereocenters. The second-order valence-corrected chi connectivity index (χ2v) is 7.14. The molecule has 0 fully saturated rings. The van der Waals surface area contributed by atoms with Gasteiger partial charge in [-0.3, -0.25) is 25.8 Å². The number of carbonyl (C=O) groups is 2. The van der Waals surface area contributed by atoms with E-state index in [1.807, 2.05) is 12.1 Å². The quantitative estimate of drug-likeness (QED) is 0.247. The van der Waals surface area contributed by atoms with Crippen LogP contribution in [0.4, 0.5) is 0 Å². The van der Waals surface area contributed by atoms with Crippen molar-refractivity contribution in [3.8, 4) is 5.75 Å². The smallest absolute Gasteiger partial charge is 0.270 e. The molecule has 142 valence electrons. The lowest BCUT2D eigenvalue weighted by Gasteiger charge is -2.12. The van der Waals surface area contributed by atoms with E-state index in [1.165, 1.54) is 0 Å². The van der Waals surface area contributed by atoms with Crippen molar-refractivity contribution in [1.29, 1.82) is 0 Å². The van der Waals surface area contributed by atoms with Crippen LogP contribution in [0.1, 0.15) is 40.5 Å². The minimum absolute atomic E-state index is 0.00237. The first kappa shape index (κ1) is 21.1. The van der Waals surface area contributed by atoms with Crippen molar-refractivity contribution in [2.45, 2.75) is 19.8 Å². The van der Waals surface area contributed by atoms with Gasteiger partial charge >= 0.3 is 0 Å². The highest BCUT2D eigenvalue weighted by Gasteiger charge is 2.11. The molecule has 0 spiro atoms. The molecule has 0 radical (unpaired) electrons. The number of hydrogen-bond donors (Lipinski definition) is 3. The molecule has 0 saturated carbocycles. The predicted molar refractivity (Wildman–Crippen MR) is 117 cm³/mol. The Bertz CT molecular complexity index is 812. The number of ether oxygens (including phenoxy) is 1. The Labute approximate surface area is 177 Å². The van der Waals surface area contributed by atoms with Crippen LogP contribution in [-0.4, -0.2) is 23.5 Å². The van der Waals surface area contributed by atoms with Crippen molar-refractivity contribution in [3.63, 3.8) is 0 Å². The molecule has 0 aliphatic heterocycles. The molecule has 0 bridgehead atoms. The van der Waals surface area contributed by atoms with Crippen LogP contribution in [-0.2, 0) is 0 Å². The van der Waals surface area contributed by atoms with Gasteiger partial charge in [-0.05, 0) is 77.6 Å². The zero-order valence-electron chi connectivity index (χ0n) is 14.8.